The summed E-state index contributed by atoms with van der Waals surface area (Å²) in [5.74, 6) is -0.0450. The molecule has 0 radical (unpaired) electrons. The number of benzene rings is 1. The zero-order valence-electron chi connectivity index (χ0n) is 11.4. The molecule has 2 unspecified atom stereocenters. The van der Waals surface area contributed by atoms with Crippen molar-refractivity contribution in [1.82, 2.24) is 5.32 Å². The molecule has 4 atom stereocenters. The molecule has 2 nitrogen and oxygen atoms in total. The Hall–Kier alpha value is -0.450. The van der Waals surface area contributed by atoms with Gasteiger partial charge in [0.2, 0.25) is 0 Å². The molecule has 2 fully saturated rings. The van der Waals surface area contributed by atoms with Gasteiger partial charge in [-0.3, -0.25) is 5.32 Å². The lowest BCUT2D eigenvalue weighted by Crippen LogP contribution is -2.47. The van der Waals surface area contributed by atoms with Gasteiger partial charge in [-0.05, 0) is 35.6 Å². The maximum atomic E-state index is 14.3. The average molecular weight is 328 g/mol. The molecule has 1 saturated heterocycles. The van der Waals surface area contributed by atoms with Gasteiger partial charge in [0, 0.05) is 21.8 Å². The van der Waals surface area contributed by atoms with Gasteiger partial charge >= 0.3 is 0 Å². The van der Waals surface area contributed by atoms with Crippen molar-refractivity contribution >= 4 is 15.9 Å². The van der Waals surface area contributed by atoms with Gasteiger partial charge in [0.25, 0.3) is 0 Å². The topological polar surface area (TPSA) is 32.3 Å². The van der Waals surface area contributed by atoms with Crippen LogP contribution in [0.25, 0.3) is 0 Å². The predicted octanol–water partition coefficient (Wildman–Crippen LogP) is 3.18. The van der Waals surface area contributed by atoms with Crippen LogP contribution >= 0.6 is 15.9 Å². The Bertz CT molecular complexity index is 527. The van der Waals surface area contributed by atoms with Crippen LogP contribution in [0.5, 0.6) is 0 Å². The van der Waals surface area contributed by atoms with Gasteiger partial charge in [0.15, 0.2) is 0 Å². The van der Waals surface area contributed by atoms with Crippen LogP contribution in [0, 0.1) is 17.2 Å². The molecule has 3 rings (SSSR count). The quantitative estimate of drug-likeness (QED) is 0.830. The Morgan fingerprint density at radius 1 is 1.42 bits per heavy atom. The molecule has 1 saturated carbocycles. The molecule has 1 aromatic rings. The highest BCUT2D eigenvalue weighted by Crippen LogP contribution is 2.65. The fourth-order valence-corrected chi connectivity index (χ4v) is 4.17. The molecule has 0 bridgehead atoms. The first-order chi connectivity index (χ1) is 8.76. The van der Waals surface area contributed by atoms with Crippen molar-refractivity contribution in [2.75, 3.05) is 0 Å². The second-order valence-corrected chi connectivity index (χ2v) is 7.80. The molecule has 4 heteroatoms. The number of halogens is 2. The lowest BCUT2D eigenvalue weighted by atomic mass is 9.74. The minimum Gasteiger partial charge on any atom is -0.378 e. The summed E-state index contributed by atoms with van der Waals surface area (Å²) in [7, 11) is 0. The first-order valence-electron chi connectivity index (χ1n) is 6.66. The number of aliphatic hydroxyl groups excluding tert-OH is 1. The molecular weight excluding hydrogens is 309 g/mol. The van der Waals surface area contributed by atoms with E-state index in [1.807, 2.05) is 6.07 Å². The first-order valence-corrected chi connectivity index (χ1v) is 7.46. The summed E-state index contributed by atoms with van der Waals surface area (Å²) in [4.78, 5) is 0. The monoisotopic (exact) mass is 327 g/mol. The van der Waals surface area contributed by atoms with Crippen molar-refractivity contribution < 1.29 is 9.50 Å². The summed E-state index contributed by atoms with van der Waals surface area (Å²) in [5.41, 5.74) is 0.447. The van der Waals surface area contributed by atoms with Crippen LogP contribution in [0.3, 0.4) is 0 Å². The third-order valence-electron chi connectivity index (χ3n) is 4.59. The van der Waals surface area contributed by atoms with E-state index in [1.54, 1.807) is 6.07 Å². The van der Waals surface area contributed by atoms with E-state index in [0.717, 1.165) is 16.5 Å². The third-order valence-corrected chi connectivity index (χ3v) is 5.08. The minimum atomic E-state index is -0.525. The van der Waals surface area contributed by atoms with Crippen molar-refractivity contribution in [1.29, 1.82) is 0 Å². The molecule has 19 heavy (non-hydrogen) atoms. The Morgan fingerprint density at radius 2 is 2.11 bits per heavy atom. The number of aliphatic hydroxyl groups is 1. The highest BCUT2D eigenvalue weighted by Gasteiger charge is 2.70. The number of nitrogens with one attached hydrogen (secondary N) is 1. The molecule has 104 valence electrons. The normalized spacial score (nSPS) is 37.3. The molecule has 0 spiro atoms. The minimum absolute atomic E-state index is 0.0268. The maximum absolute atomic E-state index is 14.3. The summed E-state index contributed by atoms with van der Waals surface area (Å²) >= 11 is 3.42. The van der Waals surface area contributed by atoms with Crippen molar-refractivity contribution in [2.45, 2.75) is 44.9 Å². The lowest BCUT2D eigenvalue weighted by Gasteiger charge is -2.36. The molecule has 1 aromatic carbocycles. The second kappa shape index (κ2) is 4.03. The van der Waals surface area contributed by atoms with Crippen LogP contribution in [0.15, 0.2) is 22.7 Å². The summed E-state index contributed by atoms with van der Waals surface area (Å²) < 4.78 is 15.1. The SMILES string of the molecule is CC(C)(C)C1NC(O)[C@@H]2C[C@]12c1cc(Br)ccc1F. The van der Waals surface area contributed by atoms with Crippen molar-refractivity contribution in [3.63, 3.8) is 0 Å². The van der Waals surface area contributed by atoms with Gasteiger partial charge in [-0.25, -0.2) is 4.39 Å². The highest BCUT2D eigenvalue weighted by atomic mass is 79.9. The highest BCUT2D eigenvalue weighted by molar-refractivity contribution is 9.10. The average Bonchev–Trinajstić information content (AvgIpc) is 2.97. The van der Waals surface area contributed by atoms with Gasteiger partial charge < -0.3 is 5.11 Å². The van der Waals surface area contributed by atoms with E-state index in [4.69, 9.17) is 0 Å². The van der Waals surface area contributed by atoms with Crippen LogP contribution in [-0.4, -0.2) is 17.4 Å². The van der Waals surface area contributed by atoms with Gasteiger partial charge in [-0.2, -0.15) is 0 Å². The first kappa shape index (κ1) is 13.5. The lowest BCUT2D eigenvalue weighted by molar-refractivity contribution is 0.111. The fraction of sp³-hybridized carbons (Fsp3) is 0.600. The molecule has 2 N–H and O–H groups in total. The van der Waals surface area contributed by atoms with Crippen LogP contribution < -0.4 is 5.32 Å². The number of fused-ring (bicyclic) bond motifs is 1. The Balaban J connectivity index is 2.10. The molecule has 1 aliphatic heterocycles. The summed E-state index contributed by atoms with van der Waals surface area (Å²) in [6.07, 6.45) is 0.332. The molecule has 0 aromatic heterocycles. The number of hydrogen-bond donors (Lipinski definition) is 2. The Morgan fingerprint density at radius 3 is 2.68 bits per heavy atom. The van der Waals surface area contributed by atoms with Gasteiger partial charge in [0.1, 0.15) is 12.0 Å². The zero-order chi connectivity index (χ0) is 14.0. The van der Waals surface area contributed by atoms with Crippen molar-refractivity contribution in [3.05, 3.63) is 34.1 Å². The summed E-state index contributed by atoms with van der Waals surface area (Å²) in [6.45, 7) is 6.40. The molecule has 2 aliphatic rings. The van der Waals surface area contributed by atoms with Gasteiger partial charge in [0.05, 0.1) is 0 Å². The Labute approximate surface area is 121 Å². The third kappa shape index (κ3) is 1.88. The van der Waals surface area contributed by atoms with E-state index in [-0.39, 0.29) is 28.6 Å². The van der Waals surface area contributed by atoms with Crippen LogP contribution in [-0.2, 0) is 5.41 Å². The molecular formula is C15H19BrFNO. The zero-order valence-corrected chi connectivity index (χ0v) is 13.0. The fourth-order valence-electron chi connectivity index (χ4n) is 3.81. The number of rotatable bonds is 1. The second-order valence-electron chi connectivity index (χ2n) is 6.89. The standard InChI is InChI=1S/C15H19BrFNO/c1-14(2,3)13-15(7-10(15)12(19)18-13)9-6-8(16)4-5-11(9)17/h4-6,10,12-13,18-19H,7H2,1-3H3/t10-,12?,13?,15+/m0/s1. The van der Waals surface area contributed by atoms with E-state index < -0.39 is 6.23 Å². The summed E-state index contributed by atoms with van der Waals surface area (Å²) in [5, 5.41) is 13.4. The molecule has 0 amide bonds. The van der Waals surface area contributed by atoms with Gasteiger partial charge in [-0.15, -0.1) is 0 Å². The number of piperidine rings is 1. The maximum Gasteiger partial charge on any atom is 0.127 e. The van der Waals surface area contributed by atoms with Gasteiger partial charge in [-0.1, -0.05) is 36.7 Å². The number of hydrogen-bond acceptors (Lipinski definition) is 2. The Kier molecular flexibility index (Phi) is 2.87. The molecule has 1 aliphatic carbocycles. The summed E-state index contributed by atoms with van der Waals surface area (Å²) in [6, 6.07) is 5.18. The molecule has 1 heterocycles. The predicted molar refractivity (Wildman–Crippen MR) is 76.3 cm³/mol. The van der Waals surface area contributed by atoms with E-state index in [1.165, 1.54) is 6.07 Å². The van der Waals surface area contributed by atoms with E-state index >= 15 is 0 Å². The van der Waals surface area contributed by atoms with Crippen LogP contribution in [0.4, 0.5) is 4.39 Å². The smallest absolute Gasteiger partial charge is 0.127 e. The van der Waals surface area contributed by atoms with E-state index in [2.05, 4.69) is 42.0 Å². The van der Waals surface area contributed by atoms with E-state index in [0.29, 0.717) is 0 Å². The van der Waals surface area contributed by atoms with Crippen molar-refractivity contribution in [3.8, 4) is 0 Å². The van der Waals surface area contributed by atoms with Crippen LogP contribution in [0.1, 0.15) is 32.8 Å². The van der Waals surface area contributed by atoms with Crippen molar-refractivity contribution in [2.24, 2.45) is 11.3 Å². The van der Waals surface area contributed by atoms with Crippen LogP contribution in [0.2, 0.25) is 0 Å². The van der Waals surface area contributed by atoms with E-state index in [9.17, 15) is 9.50 Å². The largest absolute Gasteiger partial charge is 0.378 e.